The van der Waals surface area contributed by atoms with E-state index in [4.69, 9.17) is 0 Å². The molecule has 1 heterocycles. The number of benzene rings is 1. The molecule has 2 rings (SSSR count). The highest BCUT2D eigenvalue weighted by atomic mass is 79.9. The number of nitrogens with zero attached hydrogens (tertiary/aromatic N) is 1. The molecule has 0 aliphatic rings. The minimum absolute atomic E-state index is 0.620. The van der Waals surface area contributed by atoms with E-state index in [9.17, 15) is 5.11 Å². The normalized spacial score (nSPS) is 12.4. The Bertz CT molecular complexity index is 482. The summed E-state index contributed by atoms with van der Waals surface area (Å²) >= 11 is 3.39. The van der Waals surface area contributed by atoms with Crippen molar-refractivity contribution in [3.63, 3.8) is 0 Å². The average molecular weight is 278 g/mol. The molecule has 1 unspecified atom stereocenters. The largest absolute Gasteiger partial charge is 0.384 e. The first kappa shape index (κ1) is 11.3. The van der Waals surface area contributed by atoms with Gasteiger partial charge in [-0.15, -0.1) is 0 Å². The zero-order valence-corrected chi connectivity index (χ0v) is 10.5. The van der Waals surface area contributed by atoms with Crippen molar-refractivity contribution in [1.29, 1.82) is 0 Å². The first-order valence-corrected chi connectivity index (χ1v) is 5.82. The lowest BCUT2D eigenvalue weighted by Crippen LogP contribution is -2.00. The lowest BCUT2D eigenvalue weighted by atomic mass is 10.0. The zero-order valence-electron chi connectivity index (χ0n) is 8.89. The molecule has 0 amide bonds. The predicted molar refractivity (Wildman–Crippen MR) is 67.2 cm³/mol. The molecule has 3 heteroatoms. The Morgan fingerprint density at radius 1 is 1.19 bits per heavy atom. The van der Waals surface area contributed by atoms with Crippen molar-refractivity contribution in [3.05, 3.63) is 63.9 Å². The van der Waals surface area contributed by atoms with Crippen LogP contribution in [0.3, 0.4) is 0 Å². The topological polar surface area (TPSA) is 33.1 Å². The van der Waals surface area contributed by atoms with Gasteiger partial charge < -0.3 is 5.11 Å². The number of aliphatic hydroxyl groups excluding tert-OH is 1. The van der Waals surface area contributed by atoms with Gasteiger partial charge in [0.05, 0.1) is 0 Å². The molecule has 16 heavy (non-hydrogen) atoms. The van der Waals surface area contributed by atoms with E-state index in [1.165, 1.54) is 0 Å². The van der Waals surface area contributed by atoms with Gasteiger partial charge in [0, 0.05) is 21.9 Å². The molecule has 0 saturated heterocycles. The number of hydrogen-bond donors (Lipinski definition) is 1. The average Bonchev–Trinajstić information content (AvgIpc) is 2.29. The lowest BCUT2D eigenvalue weighted by molar-refractivity contribution is 0.220. The predicted octanol–water partition coefficient (Wildman–Crippen LogP) is 3.23. The van der Waals surface area contributed by atoms with Gasteiger partial charge in [0.15, 0.2) is 0 Å². The van der Waals surface area contributed by atoms with Crippen LogP contribution in [0.25, 0.3) is 0 Å². The molecule has 0 fully saturated rings. The van der Waals surface area contributed by atoms with Crippen LogP contribution in [0, 0.1) is 6.92 Å². The molecule has 1 aromatic heterocycles. The van der Waals surface area contributed by atoms with Crippen LogP contribution in [-0.2, 0) is 0 Å². The maximum Gasteiger partial charge on any atom is 0.106 e. The van der Waals surface area contributed by atoms with Crippen molar-refractivity contribution in [3.8, 4) is 0 Å². The number of aromatic nitrogens is 1. The molecule has 0 bridgehead atoms. The minimum atomic E-state index is -0.620. The van der Waals surface area contributed by atoms with Gasteiger partial charge in [0.1, 0.15) is 6.10 Å². The maximum atomic E-state index is 10.1. The Hall–Kier alpha value is -1.19. The van der Waals surface area contributed by atoms with E-state index in [1.54, 1.807) is 6.20 Å². The molecule has 0 aliphatic carbocycles. The number of aliphatic hydroxyl groups is 1. The highest BCUT2D eigenvalue weighted by molar-refractivity contribution is 9.10. The molecule has 0 radical (unpaired) electrons. The fourth-order valence-electron chi connectivity index (χ4n) is 1.51. The number of hydrogen-bond acceptors (Lipinski definition) is 2. The monoisotopic (exact) mass is 277 g/mol. The van der Waals surface area contributed by atoms with Gasteiger partial charge in [-0.1, -0.05) is 34.1 Å². The Labute approximate surface area is 103 Å². The third-order valence-electron chi connectivity index (χ3n) is 2.41. The first-order chi connectivity index (χ1) is 7.66. The summed E-state index contributed by atoms with van der Waals surface area (Å²) < 4.78 is 0.962. The van der Waals surface area contributed by atoms with Crippen LogP contribution in [0.15, 0.2) is 47.1 Å². The summed E-state index contributed by atoms with van der Waals surface area (Å²) in [5.41, 5.74) is 2.62. The minimum Gasteiger partial charge on any atom is -0.384 e. The van der Waals surface area contributed by atoms with Gasteiger partial charge in [0.2, 0.25) is 0 Å². The van der Waals surface area contributed by atoms with Crippen molar-refractivity contribution >= 4 is 15.9 Å². The van der Waals surface area contributed by atoms with Crippen molar-refractivity contribution in [1.82, 2.24) is 4.98 Å². The molecular weight excluding hydrogens is 266 g/mol. The SMILES string of the molecule is Cc1ccc(C(O)c2cccc(Br)c2)cn1. The smallest absolute Gasteiger partial charge is 0.106 e. The summed E-state index contributed by atoms with van der Waals surface area (Å²) in [6, 6.07) is 11.4. The van der Waals surface area contributed by atoms with Gasteiger partial charge in [-0.2, -0.15) is 0 Å². The van der Waals surface area contributed by atoms with E-state index in [0.717, 1.165) is 21.3 Å². The number of rotatable bonds is 2. The molecular formula is C13H12BrNO. The molecule has 1 atom stereocenters. The van der Waals surface area contributed by atoms with Crippen LogP contribution in [-0.4, -0.2) is 10.1 Å². The molecule has 0 saturated carbocycles. The fourth-order valence-corrected chi connectivity index (χ4v) is 1.93. The summed E-state index contributed by atoms with van der Waals surface area (Å²) in [5.74, 6) is 0. The number of aryl methyl sites for hydroxylation is 1. The third kappa shape index (κ3) is 2.49. The van der Waals surface area contributed by atoms with Crippen LogP contribution >= 0.6 is 15.9 Å². The number of halogens is 1. The molecule has 1 N–H and O–H groups in total. The summed E-state index contributed by atoms with van der Waals surface area (Å²) in [4.78, 5) is 4.18. The van der Waals surface area contributed by atoms with Crippen LogP contribution < -0.4 is 0 Å². The van der Waals surface area contributed by atoms with E-state index in [-0.39, 0.29) is 0 Å². The van der Waals surface area contributed by atoms with Gasteiger partial charge in [-0.25, -0.2) is 0 Å². The highest BCUT2D eigenvalue weighted by Crippen LogP contribution is 2.23. The standard InChI is InChI=1S/C13H12BrNO/c1-9-5-6-11(8-15-9)13(16)10-3-2-4-12(14)7-10/h2-8,13,16H,1H3. The second-order valence-corrected chi connectivity index (χ2v) is 4.61. The van der Waals surface area contributed by atoms with Gasteiger partial charge in [-0.3, -0.25) is 4.98 Å². The van der Waals surface area contributed by atoms with Gasteiger partial charge in [0.25, 0.3) is 0 Å². The van der Waals surface area contributed by atoms with E-state index >= 15 is 0 Å². The summed E-state index contributed by atoms with van der Waals surface area (Å²) in [6.45, 7) is 1.93. The van der Waals surface area contributed by atoms with Crippen molar-refractivity contribution in [2.75, 3.05) is 0 Å². The van der Waals surface area contributed by atoms with Crippen molar-refractivity contribution in [2.24, 2.45) is 0 Å². The Balaban J connectivity index is 2.31. The highest BCUT2D eigenvalue weighted by Gasteiger charge is 2.10. The van der Waals surface area contributed by atoms with E-state index in [1.807, 2.05) is 43.3 Å². The van der Waals surface area contributed by atoms with E-state index in [2.05, 4.69) is 20.9 Å². The summed E-state index contributed by atoms with van der Waals surface area (Å²) in [7, 11) is 0. The fraction of sp³-hybridized carbons (Fsp3) is 0.154. The molecule has 82 valence electrons. The van der Waals surface area contributed by atoms with Gasteiger partial charge >= 0.3 is 0 Å². The lowest BCUT2D eigenvalue weighted by Gasteiger charge is -2.11. The first-order valence-electron chi connectivity index (χ1n) is 5.03. The molecule has 2 aromatic rings. The van der Waals surface area contributed by atoms with Gasteiger partial charge in [-0.05, 0) is 30.7 Å². The van der Waals surface area contributed by atoms with Crippen LogP contribution in [0.2, 0.25) is 0 Å². The van der Waals surface area contributed by atoms with E-state index in [0.29, 0.717) is 0 Å². The molecule has 0 aliphatic heterocycles. The maximum absolute atomic E-state index is 10.1. The van der Waals surface area contributed by atoms with Crippen molar-refractivity contribution < 1.29 is 5.11 Å². The quantitative estimate of drug-likeness (QED) is 0.914. The van der Waals surface area contributed by atoms with E-state index < -0.39 is 6.10 Å². The second-order valence-electron chi connectivity index (χ2n) is 3.69. The van der Waals surface area contributed by atoms with Crippen LogP contribution in [0.5, 0.6) is 0 Å². The Kier molecular flexibility index (Phi) is 3.36. The third-order valence-corrected chi connectivity index (χ3v) is 2.91. The molecule has 1 aromatic carbocycles. The Morgan fingerprint density at radius 3 is 2.62 bits per heavy atom. The van der Waals surface area contributed by atoms with Crippen LogP contribution in [0.1, 0.15) is 22.9 Å². The zero-order chi connectivity index (χ0) is 11.5. The number of pyridine rings is 1. The molecule has 2 nitrogen and oxygen atoms in total. The second kappa shape index (κ2) is 4.76. The van der Waals surface area contributed by atoms with Crippen molar-refractivity contribution in [2.45, 2.75) is 13.0 Å². The Morgan fingerprint density at radius 2 is 2.00 bits per heavy atom. The van der Waals surface area contributed by atoms with Crippen LogP contribution in [0.4, 0.5) is 0 Å². The summed E-state index contributed by atoms with van der Waals surface area (Å²) in [5, 5.41) is 10.1. The molecule has 0 spiro atoms. The summed E-state index contributed by atoms with van der Waals surface area (Å²) in [6.07, 6.45) is 1.09.